The van der Waals surface area contributed by atoms with Gasteiger partial charge in [0.05, 0.1) is 16.0 Å². The molecule has 7 nitrogen and oxygen atoms in total. The van der Waals surface area contributed by atoms with E-state index in [-0.39, 0.29) is 29.7 Å². The van der Waals surface area contributed by atoms with Crippen LogP contribution in [-0.4, -0.2) is 38.7 Å². The van der Waals surface area contributed by atoms with Gasteiger partial charge in [-0.25, -0.2) is 9.97 Å². The summed E-state index contributed by atoms with van der Waals surface area (Å²) in [5.74, 6) is 0.558. The fourth-order valence-corrected chi connectivity index (χ4v) is 4.21. The molecule has 3 N–H and O–H groups in total. The van der Waals surface area contributed by atoms with E-state index in [1.165, 1.54) is 6.33 Å². The van der Waals surface area contributed by atoms with Gasteiger partial charge in [-0.05, 0) is 37.8 Å². The standard InChI is InChI=1S/C23H26ClN5O2/c1-13(2)23(31)29-15-9-7-14(8-10-15)28-22-19-17(11-25-21(19)26-12-27-22)20(30)16-5-3-4-6-18(16)24/h3-6,11-15H,7-10H2,1-2H3,(H,29,31)(H2,25,26,27,28)/t14-,15+. The summed E-state index contributed by atoms with van der Waals surface area (Å²) in [7, 11) is 0. The SMILES string of the molecule is CC(C)C(=O)N[C@H]1CC[C@@H](Nc2ncnc3[nH]cc(C(=O)c4ccccc4Cl)c23)CC1. The Bertz CT molecular complexity index is 1100. The molecule has 1 aliphatic rings. The van der Waals surface area contributed by atoms with Crippen molar-refractivity contribution in [2.45, 2.75) is 51.6 Å². The maximum absolute atomic E-state index is 13.2. The fraction of sp³-hybridized carbons (Fsp3) is 0.391. The van der Waals surface area contributed by atoms with Crippen molar-refractivity contribution in [1.82, 2.24) is 20.3 Å². The third-order valence-electron chi connectivity index (χ3n) is 5.77. The molecule has 2 aromatic heterocycles. The predicted octanol–water partition coefficient (Wildman–Crippen LogP) is 4.34. The summed E-state index contributed by atoms with van der Waals surface area (Å²) in [5.41, 5.74) is 1.54. The molecular formula is C23H26ClN5O2. The van der Waals surface area contributed by atoms with E-state index in [0.717, 1.165) is 25.7 Å². The van der Waals surface area contributed by atoms with Crippen molar-refractivity contribution in [2.75, 3.05) is 5.32 Å². The van der Waals surface area contributed by atoms with E-state index < -0.39 is 0 Å². The number of amides is 1. The summed E-state index contributed by atoms with van der Waals surface area (Å²) in [6.07, 6.45) is 6.78. The van der Waals surface area contributed by atoms with Crippen molar-refractivity contribution in [1.29, 1.82) is 0 Å². The van der Waals surface area contributed by atoms with Crippen LogP contribution >= 0.6 is 11.6 Å². The van der Waals surface area contributed by atoms with E-state index >= 15 is 0 Å². The first-order chi connectivity index (χ1) is 14.9. The molecule has 3 aromatic rings. The molecule has 1 aliphatic carbocycles. The molecule has 4 rings (SSSR count). The number of H-pyrrole nitrogens is 1. The third kappa shape index (κ3) is 4.56. The first kappa shape index (κ1) is 21.3. The number of rotatable bonds is 6. The fourth-order valence-electron chi connectivity index (χ4n) is 3.99. The number of aromatic nitrogens is 3. The lowest BCUT2D eigenvalue weighted by Crippen LogP contribution is -2.41. The number of carbonyl (C=O) groups is 2. The minimum absolute atomic E-state index is 0.00665. The lowest BCUT2D eigenvalue weighted by Gasteiger charge is -2.30. The van der Waals surface area contributed by atoms with Crippen LogP contribution in [0.25, 0.3) is 11.0 Å². The van der Waals surface area contributed by atoms with E-state index in [0.29, 0.717) is 33.0 Å². The van der Waals surface area contributed by atoms with Gasteiger partial charge in [-0.3, -0.25) is 9.59 Å². The first-order valence-corrected chi connectivity index (χ1v) is 11.0. The van der Waals surface area contributed by atoms with Crippen LogP contribution in [0.5, 0.6) is 0 Å². The molecule has 8 heteroatoms. The number of hydrogen-bond donors (Lipinski definition) is 3. The zero-order valence-corrected chi connectivity index (χ0v) is 18.4. The lowest BCUT2D eigenvalue weighted by molar-refractivity contribution is -0.124. The predicted molar refractivity (Wildman–Crippen MR) is 121 cm³/mol. The number of nitrogens with one attached hydrogen (secondary N) is 3. The summed E-state index contributed by atoms with van der Waals surface area (Å²) in [5, 5.41) is 7.70. The van der Waals surface area contributed by atoms with E-state index in [1.54, 1.807) is 30.5 Å². The van der Waals surface area contributed by atoms with E-state index in [1.807, 2.05) is 13.8 Å². The normalized spacial score (nSPS) is 18.8. The van der Waals surface area contributed by atoms with Crippen molar-refractivity contribution >= 4 is 40.1 Å². The molecule has 1 saturated carbocycles. The second-order valence-corrected chi connectivity index (χ2v) is 8.72. The largest absolute Gasteiger partial charge is 0.367 e. The summed E-state index contributed by atoms with van der Waals surface area (Å²) in [6, 6.07) is 7.43. The molecule has 0 spiro atoms. The molecule has 2 heterocycles. The minimum Gasteiger partial charge on any atom is -0.367 e. The van der Waals surface area contributed by atoms with Crippen molar-refractivity contribution in [2.24, 2.45) is 5.92 Å². The quantitative estimate of drug-likeness (QED) is 0.496. The summed E-state index contributed by atoms with van der Waals surface area (Å²) >= 11 is 6.24. The zero-order valence-electron chi connectivity index (χ0n) is 17.6. The molecule has 0 bridgehead atoms. The highest BCUT2D eigenvalue weighted by atomic mass is 35.5. The van der Waals surface area contributed by atoms with Crippen molar-refractivity contribution in [3.8, 4) is 0 Å². The maximum atomic E-state index is 13.2. The van der Waals surface area contributed by atoms with Crippen LogP contribution in [0.4, 0.5) is 5.82 Å². The summed E-state index contributed by atoms with van der Waals surface area (Å²) in [6.45, 7) is 3.81. The van der Waals surface area contributed by atoms with Crippen molar-refractivity contribution in [3.63, 3.8) is 0 Å². The molecular weight excluding hydrogens is 414 g/mol. The monoisotopic (exact) mass is 439 g/mol. The highest BCUT2D eigenvalue weighted by molar-refractivity contribution is 6.35. The Hall–Kier alpha value is -2.93. The van der Waals surface area contributed by atoms with Gasteiger partial charge in [0.1, 0.15) is 17.8 Å². The van der Waals surface area contributed by atoms with Gasteiger partial charge in [-0.2, -0.15) is 0 Å². The topological polar surface area (TPSA) is 99.8 Å². The third-order valence-corrected chi connectivity index (χ3v) is 6.10. The number of carbonyl (C=O) groups excluding carboxylic acids is 2. The highest BCUT2D eigenvalue weighted by Crippen LogP contribution is 2.30. The van der Waals surface area contributed by atoms with Gasteiger partial charge < -0.3 is 15.6 Å². The maximum Gasteiger partial charge on any atom is 0.222 e. The Kier molecular flexibility index (Phi) is 6.23. The number of benzene rings is 1. The Labute approximate surface area is 186 Å². The second kappa shape index (κ2) is 9.06. The Morgan fingerprint density at radius 1 is 1.06 bits per heavy atom. The van der Waals surface area contributed by atoms with Crippen LogP contribution in [-0.2, 0) is 4.79 Å². The minimum atomic E-state index is -0.171. The smallest absolute Gasteiger partial charge is 0.222 e. The Morgan fingerprint density at radius 2 is 1.77 bits per heavy atom. The average molecular weight is 440 g/mol. The van der Waals surface area contributed by atoms with Crippen LogP contribution in [0.3, 0.4) is 0 Å². The van der Waals surface area contributed by atoms with Gasteiger partial charge in [0.2, 0.25) is 5.91 Å². The van der Waals surface area contributed by atoms with Crippen LogP contribution < -0.4 is 10.6 Å². The Balaban J connectivity index is 1.52. The summed E-state index contributed by atoms with van der Waals surface area (Å²) in [4.78, 5) is 36.9. The molecule has 1 amide bonds. The molecule has 31 heavy (non-hydrogen) atoms. The molecule has 162 valence electrons. The average Bonchev–Trinajstić information content (AvgIpc) is 3.20. The number of ketones is 1. The molecule has 0 saturated heterocycles. The number of fused-ring (bicyclic) bond motifs is 1. The first-order valence-electron chi connectivity index (χ1n) is 10.6. The molecule has 1 fully saturated rings. The number of anilines is 1. The van der Waals surface area contributed by atoms with Gasteiger partial charge >= 0.3 is 0 Å². The number of nitrogens with zero attached hydrogens (tertiary/aromatic N) is 2. The molecule has 1 aromatic carbocycles. The van der Waals surface area contributed by atoms with Gasteiger partial charge in [0.25, 0.3) is 0 Å². The van der Waals surface area contributed by atoms with Gasteiger partial charge in [0.15, 0.2) is 5.78 Å². The summed E-state index contributed by atoms with van der Waals surface area (Å²) < 4.78 is 0. The van der Waals surface area contributed by atoms with E-state index in [9.17, 15) is 9.59 Å². The van der Waals surface area contributed by atoms with Crippen LogP contribution in [0.2, 0.25) is 5.02 Å². The van der Waals surface area contributed by atoms with Gasteiger partial charge in [0, 0.05) is 29.8 Å². The van der Waals surface area contributed by atoms with Crippen LogP contribution in [0, 0.1) is 5.92 Å². The molecule has 0 unspecified atom stereocenters. The zero-order chi connectivity index (χ0) is 22.0. The van der Waals surface area contributed by atoms with Crippen LogP contribution in [0.15, 0.2) is 36.8 Å². The van der Waals surface area contributed by atoms with E-state index in [4.69, 9.17) is 11.6 Å². The van der Waals surface area contributed by atoms with Gasteiger partial charge in [-0.15, -0.1) is 0 Å². The Morgan fingerprint density at radius 3 is 2.48 bits per heavy atom. The van der Waals surface area contributed by atoms with Crippen LogP contribution in [0.1, 0.15) is 55.5 Å². The van der Waals surface area contributed by atoms with Gasteiger partial charge in [-0.1, -0.05) is 37.6 Å². The van der Waals surface area contributed by atoms with Crippen molar-refractivity contribution < 1.29 is 9.59 Å². The number of aromatic amines is 1. The second-order valence-electron chi connectivity index (χ2n) is 8.31. The van der Waals surface area contributed by atoms with E-state index in [2.05, 4.69) is 25.6 Å². The molecule has 0 atom stereocenters. The lowest BCUT2D eigenvalue weighted by atomic mass is 9.90. The number of halogens is 1. The number of hydrogen-bond acceptors (Lipinski definition) is 5. The molecule has 0 radical (unpaired) electrons. The highest BCUT2D eigenvalue weighted by Gasteiger charge is 2.25. The molecule has 0 aliphatic heterocycles. The van der Waals surface area contributed by atoms with Crippen molar-refractivity contribution in [3.05, 3.63) is 52.9 Å².